The van der Waals surface area contributed by atoms with Gasteiger partial charge >= 0.3 is 0 Å². The number of carbonyl (C=O) groups excluding carboxylic acids is 1. The van der Waals surface area contributed by atoms with Crippen LogP contribution in [0, 0.1) is 11.3 Å². The van der Waals surface area contributed by atoms with Gasteiger partial charge in [-0.15, -0.1) is 0 Å². The normalized spacial score (nSPS) is 13.1. The summed E-state index contributed by atoms with van der Waals surface area (Å²) in [5.74, 6) is 1.45. The number of hydrogen-bond donors (Lipinski definition) is 0. The highest BCUT2D eigenvalue weighted by molar-refractivity contribution is 5.82. The third-order valence-electron chi connectivity index (χ3n) is 2.78. The summed E-state index contributed by atoms with van der Waals surface area (Å²) in [7, 11) is 1.85. The fraction of sp³-hybridized carbons (Fsp3) is 0.429. The predicted octanol–water partition coefficient (Wildman–Crippen LogP) is 1.37. The van der Waals surface area contributed by atoms with E-state index in [9.17, 15) is 4.79 Å². The van der Waals surface area contributed by atoms with Crippen molar-refractivity contribution in [1.82, 2.24) is 4.90 Å². The van der Waals surface area contributed by atoms with E-state index in [0.29, 0.717) is 19.8 Å². The van der Waals surface area contributed by atoms with Gasteiger partial charge in [0, 0.05) is 6.54 Å². The molecule has 1 heterocycles. The SMILES string of the molecule is CN(CC(=O)CC#N)Cc1ccc2c(c1)OCCO2. The van der Waals surface area contributed by atoms with Crippen molar-refractivity contribution < 1.29 is 14.3 Å². The number of likely N-dealkylation sites (N-methyl/N-ethyl adjacent to an activating group) is 1. The predicted molar refractivity (Wildman–Crippen MR) is 69.0 cm³/mol. The summed E-state index contributed by atoms with van der Waals surface area (Å²) >= 11 is 0. The van der Waals surface area contributed by atoms with Crippen LogP contribution in [0.4, 0.5) is 0 Å². The summed E-state index contributed by atoms with van der Waals surface area (Å²) < 4.78 is 11.0. The summed E-state index contributed by atoms with van der Waals surface area (Å²) in [5.41, 5.74) is 1.05. The van der Waals surface area contributed by atoms with E-state index in [0.717, 1.165) is 17.1 Å². The van der Waals surface area contributed by atoms with Crippen LogP contribution < -0.4 is 9.47 Å². The lowest BCUT2D eigenvalue weighted by Crippen LogP contribution is -2.25. The van der Waals surface area contributed by atoms with Gasteiger partial charge in [0.1, 0.15) is 13.2 Å². The van der Waals surface area contributed by atoms with E-state index in [1.165, 1.54) is 0 Å². The molecule has 0 N–H and O–H groups in total. The summed E-state index contributed by atoms with van der Waals surface area (Å²) in [6.07, 6.45) is -0.0362. The molecule has 0 aromatic heterocycles. The van der Waals surface area contributed by atoms with Crippen molar-refractivity contribution in [2.45, 2.75) is 13.0 Å². The topological polar surface area (TPSA) is 62.6 Å². The van der Waals surface area contributed by atoms with E-state index >= 15 is 0 Å². The third-order valence-corrected chi connectivity index (χ3v) is 2.78. The molecule has 0 unspecified atom stereocenters. The zero-order valence-corrected chi connectivity index (χ0v) is 10.9. The Morgan fingerprint density at radius 2 is 2.11 bits per heavy atom. The Bertz CT molecular complexity index is 508. The van der Waals surface area contributed by atoms with Crippen LogP contribution in [0.2, 0.25) is 0 Å². The fourth-order valence-electron chi connectivity index (χ4n) is 2.00. The van der Waals surface area contributed by atoms with E-state index < -0.39 is 0 Å². The minimum atomic E-state index is -0.0671. The van der Waals surface area contributed by atoms with E-state index in [1.54, 1.807) is 0 Å². The lowest BCUT2D eigenvalue weighted by molar-refractivity contribution is -0.119. The van der Waals surface area contributed by atoms with Crippen molar-refractivity contribution in [3.8, 4) is 17.6 Å². The Morgan fingerprint density at radius 3 is 2.84 bits per heavy atom. The summed E-state index contributed by atoms with van der Waals surface area (Å²) in [6.45, 7) is 2.05. The Labute approximate surface area is 112 Å². The molecule has 5 heteroatoms. The Morgan fingerprint density at radius 1 is 1.37 bits per heavy atom. The molecule has 0 fully saturated rings. The number of Topliss-reactive ketones (excluding diaryl/α,β-unsaturated/α-hetero) is 1. The molecule has 0 radical (unpaired) electrons. The molecule has 1 aromatic rings. The highest BCUT2D eigenvalue weighted by Crippen LogP contribution is 2.30. The van der Waals surface area contributed by atoms with E-state index in [1.807, 2.05) is 36.2 Å². The lowest BCUT2D eigenvalue weighted by Gasteiger charge is -2.20. The second kappa shape index (κ2) is 6.21. The Hall–Kier alpha value is -2.06. The van der Waals surface area contributed by atoms with Crippen LogP contribution in [0.1, 0.15) is 12.0 Å². The molecule has 1 aromatic carbocycles. The number of ketones is 1. The average molecular weight is 260 g/mol. The standard InChI is InChI=1S/C14H16N2O3/c1-16(10-12(17)4-5-15)9-11-2-3-13-14(8-11)19-7-6-18-13/h2-3,8H,4,6-7,9-10H2,1H3. The molecule has 0 atom stereocenters. The first-order valence-electron chi connectivity index (χ1n) is 6.15. The van der Waals surface area contributed by atoms with Crippen LogP contribution in [0.5, 0.6) is 11.5 Å². The molecule has 0 amide bonds. The van der Waals surface area contributed by atoms with Gasteiger partial charge < -0.3 is 9.47 Å². The summed E-state index contributed by atoms with van der Waals surface area (Å²) in [6, 6.07) is 7.64. The van der Waals surface area contributed by atoms with Gasteiger partial charge in [0.05, 0.1) is 19.0 Å². The van der Waals surface area contributed by atoms with Crippen molar-refractivity contribution in [2.75, 3.05) is 26.8 Å². The second-order valence-electron chi connectivity index (χ2n) is 4.52. The maximum atomic E-state index is 11.4. The summed E-state index contributed by atoms with van der Waals surface area (Å²) in [5, 5.41) is 8.45. The molecule has 5 nitrogen and oxygen atoms in total. The van der Waals surface area contributed by atoms with Gasteiger partial charge in [-0.2, -0.15) is 5.26 Å². The number of ether oxygens (including phenoxy) is 2. The van der Waals surface area contributed by atoms with Crippen LogP contribution in [0.15, 0.2) is 18.2 Å². The minimum Gasteiger partial charge on any atom is -0.486 e. The number of hydrogen-bond acceptors (Lipinski definition) is 5. The monoisotopic (exact) mass is 260 g/mol. The minimum absolute atomic E-state index is 0.0362. The highest BCUT2D eigenvalue weighted by atomic mass is 16.6. The van der Waals surface area contributed by atoms with Gasteiger partial charge in [0.15, 0.2) is 17.3 Å². The zero-order chi connectivity index (χ0) is 13.7. The third kappa shape index (κ3) is 3.70. The van der Waals surface area contributed by atoms with E-state index in [4.69, 9.17) is 14.7 Å². The Balaban J connectivity index is 1.95. The molecule has 0 spiro atoms. The molecule has 100 valence electrons. The largest absolute Gasteiger partial charge is 0.486 e. The van der Waals surface area contributed by atoms with Gasteiger partial charge in [-0.05, 0) is 24.7 Å². The first-order valence-corrected chi connectivity index (χ1v) is 6.15. The second-order valence-corrected chi connectivity index (χ2v) is 4.52. The molecule has 19 heavy (non-hydrogen) atoms. The number of fused-ring (bicyclic) bond motifs is 1. The van der Waals surface area contributed by atoms with E-state index in [2.05, 4.69) is 0 Å². The lowest BCUT2D eigenvalue weighted by atomic mass is 10.1. The van der Waals surface area contributed by atoms with Gasteiger partial charge in [-0.25, -0.2) is 0 Å². The quantitative estimate of drug-likeness (QED) is 0.800. The van der Waals surface area contributed by atoms with Crippen molar-refractivity contribution in [3.63, 3.8) is 0 Å². The van der Waals surface area contributed by atoms with Crippen molar-refractivity contribution in [3.05, 3.63) is 23.8 Å². The number of benzene rings is 1. The molecule has 1 aliphatic heterocycles. The molecular weight excluding hydrogens is 244 g/mol. The first kappa shape index (κ1) is 13.4. The Kier molecular flexibility index (Phi) is 4.37. The highest BCUT2D eigenvalue weighted by Gasteiger charge is 2.13. The summed E-state index contributed by atoms with van der Waals surface area (Å²) in [4.78, 5) is 13.2. The molecule has 0 saturated heterocycles. The number of carbonyl (C=O) groups is 1. The van der Waals surface area contributed by atoms with Gasteiger partial charge in [-0.1, -0.05) is 6.07 Å². The van der Waals surface area contributed by atoms with Gasteiger partial charge in [-0.3, -0.25) is 9.69 Å². The van der Waals surface area contributed by atoms with Crippen molar-refractivity contribution in [1.29, 1.82) is 5.26 Å². The van der Waals surface area contributed by atoms with Crippen molar-refractivity contribution in [2.24, 2.45) is 0 Å². The van der Waals surface area contributed by atoms with Crippen LogP contribution >= 0.6 is 0 Å². The molecule has 2 rings (SSSR count). The molecule has 1 aliphatic rings. The first-order chi connectivity index (χ1) is 9.19. The number of nitriles is 1. The molecule has 0 aliphatic carbocycles. The van der Waals surface area contributed by atoms with Crippen LogP contribution in [-0.4, -0.2) is 37.5 Å². The maximum Gasteiger partial charge on any atom is 0.161 e. The zero-order valence-electron chi connectivity index (χ0n) is 10.9. The van der Waals surface area contributed by atoms with Crippen LogP contribution in [0.3, 0.4) is 0 Å². The van der Waals surface area contributed by atoms with Crippen molar-refractivity contribution >= 4 is 5.78 Å². The van der Waals surface area contributed by atoms with Gasteiger partial charge in [0.25, 0.3) is 0 Å². The fourth-order valence-corrected chi connectivity index (χ4v) is 2.00. The van der Waals surface area contributed by atoms with Crippen LogP contribution in [0.25, 0.3) is 0 Å². The smallest absolute Gasteiger partial charge is 0.161 e. The number of nitrogens with zero attached hydrogens (tertiary/aromatic N) is 2. The van der Waals surface area contributed by atoms with Crippen LogP contribution in [-0.2, 0) is 11.3 Å². The number of rotatable bonds is 5. The maximum absolute atomic E-state index is 11.4. The molecular formula is C14H16N2O3. The van der Waals surface area contributed by atoms with E-state index in [-0.39, 0.29) is 18.7 Å². The molecule has 0 bridgehead atoms. The molecule has 0 saturated carbocycles. The average Bonchev–Trinajstić information content (AvgIpc) is 2.38. The van der Waals surface area contributed by atoms with Gasteiger partial charge in [0.2, 0.25) is 0 Å².